The minimum absolute atomic E-state index is 0.0554. The van der Waals surface area contributed by atoms with Gasteiger partial charge < -0.3 is 19.5 Å². The van der Waals surface area contributed by atoms with E-state index < -0.39 is 0 Å². The second-order valence-electron chi connectivity index (χ2n) is 6.49. The first-order valence-corrected chi connectivity index (χ1v) is 8.38. The van der Waals surface area contributed by atoms with Crippen molar-refractivity contribution in [1.29, 1.82) is 0 Å². The second kappa shape index (κ2) is 6.74. The Bertz CT molecular complexity index is 557. The van der Waals surface area contributed by atoms with Gasteiger partial charge in [0.25, 0.3) is 5.91 Å². The summed E-state index contributed by atoms with van der Waals surface area (Å²) in [6.45, 7) is 2.68. The van der Waals surface area contributed by atoms with Gasteiger partial charge in [-0.25, -0.2) is 0 Å². The Balaban J connectivity index is 1.70. The number of aromatic nitrogens is 1. The minimum Gasteiger partial charge on any atom is -0.383 e. The van der Waals surface area contributed by atoms with Gasteiger partial charge in [-0.1, -0.05) is 0 Å². The van der Waals surface area contributed by atoms with Gasteiger partial charge in [0.05, 0.1) is 6.61 Å². The molecule has 3 heterocycles. The number of rotatable bonds is 4. The molecule has 0 saturated carbocycles. The molecule has 2 fully saturated rings. The third kappa shape index (κ3) is 3.13. The third-order valence-corrected chi connectivity index (χ3v) is 5.23. The first kappa shape index (κ1) is 16.1. The van der Waals surface area contributed by atoms with E-state index in [1.54, 1.807) is 13.3 Å². The van der Waals surface area contributed by atoms with Crippen LogP contribution in [0.5, 0.6) is 0 Å². The number of hydrogen-bond donors (Lipinski definition) is 1. The van der Waals surface area contributed by atoms with Crippen LogP contribution in [0.25, 0.3) is 0 Å². The number of nitrogens with one attached hydrogen (secondary N) is 1. The molecule has 1 aromatic rings. The summed E-state index contributed by atoms with van der Waals surface area (Å²) in [5.41, 5.74) is 0.556. The van der Waals surface area contributed by atoms with Crippen molar-refractivity contribution < 1.29 is 14.3 Å². The monoisotopic (exact) mass is 319 g/mol. The van der Waals surface area contributed by atoms with Gasteiger partial charge in [0.2, 0.25) is 5.91 Å². The number of hydrogen-bond acceptors (Lipinski definition) is 3. The summed E-state index contributed by atoms with van der Waals surface area (Å²) in [6, 6.07) is 3.65. The van der Waals surface area contributed by atoms with E-state index in [0.29, 0.717) is 31.8 Å². The molecule has 0 radical (unpaired) electrons. The molecule has 1 atom stereocenters. The Labute approximate surface area is 136 Å². The van der Waals surface area contributed by atoms with Gasteiger partial charge in [-0.15, -0.1) is 0 Å². The third-order valence-electron chi connectivity index (χ3n) is 5.23. The van der Waals surface area contributed by atoms with Crippen LogP contribution in [0.4, 0.5) is 0 Å². The zero-order valence-corrected chi connectivity index (χ0v) is 13.7. The van der Waals surface area contributed by atoms with Crippen molar-refractivity contribution in [2.45, 2.75) is 37.6 Å². The molecule has 6 heteroatoms. The van der Waals surface area contributed by atoms with Crippen molar-refractivity contribution in [1.82, 2.24) is 14.8 Å². The van der Waals surface area contributed by atoms with Crippen molar-refractivity contribution in [3.05, 3.63) is 24.0 Å². The first-order chi connectivity index (χ1) is 11.2. The van der Waals surface area contributed by atoms with E-state index in [2.05, 4.69) is 4.98 Å². The predicted molar refractivity (Wildman–Crippen MR) is 86.1 cm³/mol. The Morgan fingerprint density at radius 3 is 2.96 bits per heavy atom. The van der Waals surface area contributed by atoms with E-state index in [1.165, 1.54) is 0 Å². The normalized spacial score (nSPS) is 25.2. The van der Waals surface area contributed by atoms with E-state index in [1.807, 2.05) is 21.9 Å². The molecule has 126 valence electrons. The fourth-order valence-corrected chi connectivity index (χ4v) is 3.95. The van der Waals surface area contributed by atoms with Crippen LogP contribution in [0, 0.1) is 0 Å². The molecule has 2 saturated heterocycles. The van der Waals surface area contributed by atoms with E-state index in [4.69, 9.17) is 4.74 Å². The van der Waals surface area contributed by atoms with Crippen LogP contribution in [0.3, 0.4) is 0 Å². The SMILES string of the molecule is COCCN1C(=O)CC[C@]12CCCN(C(=O)c1ccc[nH]1)CC2. The van der Waals surface area contributed by atoms with Crippen molar-refractivity contribution in [3.63, 3.8) is 0 Å². The number of aromatic amines is 1. The smallest absolute Gasteiger partial charge is 0.270 e. The Morgan fingerprint density at radius 2 is 2.22 bits per heavy atom. The van der Waals surface area contributed by atoms with Crippen LogP contribution < -0.4 is 0 Å². The van der Waals surface area contributed by atoms with Crippen LogP contribution in [0.15, 0.2) is 18.3 Å². The highest BCUT2D eigenvalue weighted by Gasteiger charge is 2.45. The Kier molecular flexibility index (Phi) is 4.71. The molecule has 23 heavy (non-hydrogen) atoms. The second-order valence-corrected chi connectivity index (χ2v) is 6.49. The Hall–Kier alpha value is -1.82. The maximum atomic E-state index is 12.5. The quantitative estimate of drug-likeness (QED) is 0.917. The zero-order chi connectivity index (χ0) is 16.3. The molecule has 0 aliphatic carbocycles. The summed E-state index contributed by atoms with van der Waals surface area (Å²) in [4.78, 5) is 31.7. The van der Waals surface area contributed by atoms with Crippen LogP contribution in [-0.4, -0.2) is 65.5 Å². The molecular weight excluding hydrogens is 294 g/mol. The van der Waals surface area contributed by atoms with E-state index >= 15 is 0 Å². The first-order valence-electron chi connectivity index (χ1n) is 8.38. The Morgan fingerprint density at radius 1 is 1.35 bits per heavy atom. The van der Waals surface area contributed by atoms with Gasteiger partial charge in [0.15, 0.2) is 0 Å². The molecule has 2 aliphatic rings. The molecule has 6 nitrogen and oxygen atoms in total. The summed E-state index contributed by atoms with van der Waals surface area (Å²) in [5, 5.41) is 0. The van der Waals surface area contributed by atoms with Gasteiger partial charge in [-0.2, -0.15) is 0 Å². The number of carbonyl (C=O) groups excluding carboxylic acids is 2. The maximum absolute atomic E-state index is 12.5. The molecule has 0 aromatic carbocycles. The largest absolute Gasteiger partial charge is 0.383 e. The number of amides is 2. The molecule has 1 N–H and O–H groups in total. The standard InChI is InChI=1S/C17H25N3O3/c1-23-13-12-20-15(21)5-7-17(20)6-3-10-19(11-8-17)16(22)14-4-2-9-18-14/h2,4,9,18H,3,5-8,10-13H2,1H3/t17-/m0/s1. The molecule has 3 rings (SSSR count). The maximum Gasteiger partial charge on any atom is 0.270 e. The molecule has 1 spiro atoms. The summed E-state index contributed by atoms with van der Waals surface area (Å²) < 4.78 is 5.16. The summed E-state index contributed by atoms with van der Waals surface area (Å²) in [6.07, 6.45) is 6.05. The number of likely N-dealkylation sites (tertiary alicyclic amines) is 2. The lowest BCUT2D eigenvalue weighted by atomic mass is 9.88. The van der Waals surface area contributed by atoms with Crippen molar-refractivity contribution in [2.75, 3.05) is 33.4 Å². The zero-order valence-electron chi connectivity index (χ0n) is 13.7. The average molecular weight is 319 g/mol. The molecule has 0 unspecified atom stereocenters. The van der Waals surface area contributed by atoms with Crippen LogP contribution in [-0.2, 0) is 9.53 Å². The molecular formula is C17H25N3O3. The van der Waals surface area contributed by atoms with Crippen molar-refractivity contribution in [3.8, 4) is 0 Å². The number of methoxy groups -OCH3 is 1. The van der Waals surface area contributed by atoms with Crippen LogP contribution in [0.2, 0.25) is 0 Å². The molecule has 2 aliphatic heterocycles. The number of nitrogens with zero attached hydrogens (tertiary/aromatic N) is 2. The van der Waals surface area contributed by atoms with Crippen LogP contribution >= 0.6 is 0 Å². The lowest BCUT2D eigenvalue weighted by molar-refractivity contribution is -0.132. The number of carbonyl (C=O) groups is 2. The average Bonchev–Trinajstić information content (AvgIpc) is 3.12. The minimum atomic E-state index is -0.0830. The molecule has 2 amide bonds. The molecule has 0 bridgehead atoms. The summed E-state index contributed by atoms with van der Waals surface area (Å²) in [7, 11) is 1.66. The van der Waals surface area contributed by atoms with Gasteiger partial charge in [0.1, 0.15) is 5.69 Å². The van der Waals surface area contributed by atoms with Gasteiger partial charge in [0, 0.05) is 44.9 Å². The highest BCUT2D eigenvalue weighted by molar-refractivity contribution is 5.92. The summed E-state index contributed by atoms with van der Waals surface area (Å²) >= 11 is 0. The fraction of sp³-hybridized carbons (Fsp3) is 0.647. The highest BCUT2D eigenvalue weighted by atomic mass is 16.5. The number of H-pyrrole nitrogens is 1. The fourth-order valence-electron chi connectivity index (χ4n) is 3.95. The summed E-state index contributed by atoms with van der Waals surface area (Å²) in [5.74, 6) is 0.283. The van der Waals surface area contributed by atoms with Crippen molar-refractivity contribution in [2.24, 2.45) is 0 Å². The lowest BCUT2D eigenvalue weighted by Crippen LogP contribution is -2.48. The van der Waals surface area contributed by atoms with Gasteiger partial charge in [-0.05, 0) is 37.8 Å². The van der Waals surface area contributed by atoms with E-state index in [-0.39, 0.29) is 17.4 Å². The molecule has 1 aromatic heterocycles. The van der Waals surface area contributed by atoms with Gasteiger partial charge in [-0.3, -0.25) is 9.59 Å². The lowest BCUT2D eigenvalue weighted by Gasteiger charge is -2.38. The van der Waals surface area contributed by atoms with Crippen molar-refractivity contribution >= 4 is 11.8 Å². The van der Waals surface area contributed by atoms with E-state index in [9.17, 15) is 9.59 Å². The highest BCUT2D eigenvalue weighted by Crippen LogP contribution is 2.39. The van der Waals surface area contributed by atoms with Crippen LogP contribution in [0.1, 0.15) is 42.6 Å². The number of ether oxygens (including phenoxy) is 1. The van der Waals surface area contributed by atoms with Gasteiger partial charge >= 0.3 is 0 Å². The predicted octanol–water partition coefficient (Wildman–Crippen LogP) is 1.65. The topological polar surface area (TPSA) is 65.6 Å². The van der Waals surface area contributed by atoms with E-state index in [0.717, 1.165) is 32.2 Å².